The molecule has 1 heterocycles. The summed E-state index contributed by atoms with van der Waals surface area (Å²) in [5, 5.41) is 4.84. The van der Waals surface area contributed by atoms with Gasteiger partial charge in [-0.15, -0.1) is 0 Å². The molecule has 5 amide bonds. The first-order chi connectivity index (χ1) is 17.2. The summed E-state index contributed by atoms with van der Waals surface area (Å²) < 4.78 is 19.3. The molecule has 1 saturated heterocycles. The molecule has 1 aliphatic heterocycles. The molecule has 8 nitrogen and oxygen atoms in total. The maximum absolute atomic E-state index is 13.8. The van der Waals surface area contributed by atoms with E-state index in [4.69, 9.17) is 27.9 Å². The topological polar surface area (TPSA) is 105 Å². The van der Waals surface area contributed by atoms with Gasteiger partial charge in [-0.25, -0.2) is 14.1 Å². The third-order valence-electron chi connectivity index (χ3n) is 4.99. The Morgan fingerprint density at radius 1 is 1.00 bits per heavy atom. The molecule has 1 fully saturated rings. The first-order valence-electron chi connectivity index (χ1n) is 10.4. The van der Waals surface area contributed by atoms with E-state index in [-0.39, 0.29) is 38.3 Å². The normalized spacial score (nSPS) is 14.6. The maximum Gasteiger partial charge on any atom is 0.335 e. The molecule has 3 aromatic rings. The van der Waals surface area contributed by atoms with Gasteiger partial charge in [0.25, 0.3) is 17.7 Å². The van der Waals surface area contributed by atoms with Crippen LogP contribution >= 0.6 is 23.2 Å². The average molecular weight is 528 g/mol. The van der Waals surface area contributed by atoms with Crippen molar-refractivity contribution in [3.63, 3.8) is 0 Å². The minimum Gasteiger partial charge on any atom is -0.483 e. The Morgan fingerprint density at radius 2 is 1.72 bits per heavy atom. The number of rotatable bonds is 6. The molecule has 182 valence electrons. The number of carbonyl (C=O) groups excluding carboxylic acids is 4. The molecule has 11 heteroatoms. The number of ether oxygens (including phenoxy) is 1. The highest BCUT2D eigenvalue weighted by Gasteiger charge is 2.37. The predicted molar refractivity (Wildman–Crippen MR) is 132 cm³/mol. The highest BCUT2D eigenvalue weighted by atomic mass is 35.5. The van der Waals surface area contributed by atoms with E-state index in [1.54, 1.807) is 24.3 Å². The highest BCUT2D eigenvalue weighted by molar-refractivity contribution is 6.43. The largest absolute Gasteiger partial charge is 0.483 e. The second-order valence-corrected chi connectivity index (χ2v) is 8.23. The molecule has 0 aliphatic carbocycles. The van der Waals surface area contributed by atoms with Crippen LogP contribution in [0.25, 0.3) is 6.08 Å². The van der Waals surface area contributed by atoms with Crippen molar-refractivity contribution in [2.24, 2.45) is 0 Å². The van der Waals surface area contributed by atoms with Gasteiger partial charge in [0.05, 0.1) is 21.4 Å². The highest BCUT2D eigenvalue weighted by Crippen LogP contribution is 2.30. The van der Waals surface area contributed by atoms with Crippen molar-refractivity contribution in [2.45, 2.75) is 0 Å². The van der Waals surface area contributed by atoms with Crippen molar-refractivity contribution in [2.75, 3.05) is 16.8 Å². The monoisotopic (exact) mass is 527 g/mol. The molecular formula is C25H16Cl2FN3O5. The molecular weight excluding hydrogens is 512 g/mol. The van der Waals surface area contributed by atoms with Gasteiger partial charge in [-0.3, -0.25) is 19.7 Å². The number of hydrogen-bond acceptors (Lipinski definition) is 5. The number of halogens is 3. The van der Waals surface area contributed by atoms with Gasteiger partial charge in [-0.2, -0.15) is 0 Å². The summed E-state index contributed by atoms with van der Waals surface area (Å²) in [6, 6.07) is 15.2. The molecule has 1 aliphatic rings. The number of amides is 5. The Kier molecular flexibility index (Phi) is 7.33. The van der Waals surface area contributed by atoms with Crippen LogP contribution in [0.1, 0.15) is 5.56 Å². The van der Waals surface area contributed by atoms with E-state index in [1.165, 1.54) is 48.5 Å². The SMILES string of the molecule is O=C(COc1ccccc1/C=C1/C(=O)NC(=O)N(c2ccc(Cl)c(Cl)c2)C1=O)Nc1ccccc1F. The molecule has 0 unspecified atom stereocenters. The maximum atomic E-state index is 13.8. The molecule has 2 N–H and O–H groups in total. The lowest BCUT2D eigenvalue weighted by atomic mass is 10.1. The van der Waals surface area contributed by atoms with Crippen molar-refractivity contribution < 1.29 is 28.3 Å². The molecule has 4 rings (SSSR count). The summed E-state index contributed by atoms with van der Waals surface area (Å²) in [5.41, 5.74) is 0.0448. The minimum absolute atomic E-state index is 0.00182. The molecule has 0 radical (unpaired) electrons. The molecule has 0 bridgehead atoms. The van der Waals surface area contributed by atoms with Crippen LogP contribution in [0.2, 0.25) is 10.0 Å². The van der Waals surface area contributed by atoms with Crippen molar-refractivity contribution in [3.8, 4) is 5.75 Å². The van der Waals surface area contributed by atoms with Gasteiger partial charge in [-0.1, -0.05) is 53.5 Å². The van der Waals surface area contributed by atoms with Gasteiger partial charge in [0.2, 0.25) is 0 Å². The standard InChI is InChI=1S/C25H16Cl2FN3O5/c26-17-10-9-15(12-18(17)27)31-24(34)16(23(33)30-25(31)35)11-14-5-1-4-8-21(14)36-13-22(32)29-20-7-3-2-6-19(20)28/h1-12H,13H2,(H,29,32)(H,30,33,35)/b16-11-. The van der Waals surface area contributed by atoms with E-state index in [0.717, 1.165) is 4.90 Å². The van der Waals surface area contributed by atoms with Gasteiger partial charge in [-0.05, 0) is 42.5 Å². The Bertz CT molecular complexity index is 1430. The second kappa shape index (κ2) is 10.6. The van der Waals surface area contributed by atoms with Crippen LogP contribution in [0.3, 0.4) is 0 Å². The number of nitrogens with one attached hydrogen (secondary N) is 2. The number of para-hydroxylation sites is 2. The Balaban J connectivity index is 1.56. The fourth-order valence-corrected chi connectivity index (χ4v) is 3.59. The number of hydrogen-bond donors (Lipinski definition) is 2. The number of carbonyl (C=O) groups is 4. The van der Waals surface area contributed by atoms with Crippen LogP contribution in [-0.2, 0) is 14.4 Å². The fourth-order valence-electron chi connectivity index (χ4n) is 3.29. The first kappa shape index (κ1) is 24.9. The van der Waals surface area contributed by atoms with E-state index in [1.807, 2.05) is 0 Å². The van der Waals surface area contributed by atoms with Crippen molar-refractivity contribution in [3.05, 3.63) is 93.7 Å². The van der Waals surface area contributed by atoms with Crippen LogP contribution in [0.4, 0.5) is 20.6 Å². The lowest BCUT2D eigenvalue weighted by Gasteiger charge is -2.26. The third-order valence-corrected chi connectivity index (χ3v) is 5.73. The summed E-state index contributed by atoms with van der Waals surface area (Å²) in [6.07, 6.45) is 1.23. The van der Waals surface area contributed by atoms with Gasteiger partial charge >= 0.3 is 6.03 Å². The van der Waals surface area contributed by atoms with E-state index >= 15 is 0 Å². The van der Waals surface area contributed by atoms with Crippen molar-refractivity contribution in [1.29, 1.82) is 0 Å². The fraction of sp³-hybridized carbons (Fsp3) is 0.0400. The van der Waals surface area contributed by atoms with Crippen LogP contribution in [0.5, 0.6) is 5.75 Å². The zero-order chi connectivity index (χ0) is 25.8. The summed E-state index contributed by atoms with van der Waals surface area (Å²) in [6.45, 7) is -0.470. The molecule has 0 spiro atoms. The van der Waals surface area contributed by atoms with Gasteiger partial charge in [0.15, 0.2) is 6.61 Å². The summed E-state index contributed by atoms with van der Waals surface area (Å²) in [5.74, 6) is -2.85. The van der Waals surface area contributed by atoms with Crippen molar-refractivity contribution in [1.82, 2.24) is 5.32 Å². The smallest absolute Gasteiger partial charge is 0.335 e. The lowest BCUT2D eigenvalue weighted by Crippen LogP contribution is -2.54. The Morgan fingerprint density at radius 3 is 2.47 bits per heavy atom. The van der Waals surface area contributed by atoms with Gasteiger partial charge < -0.3 is 10.1 Å². The van der Waals surface area contributed by atoms with Crippen LogP contribution in [-0.4, -0.2) is 30.4 Å². The zero-order valence-corrected chi connectivity index (χ0v) is 19.8. The summed E-state index contributed by atoms with van der Waals surface area (Å²) in [7, 11) is 0. The van der Waals surface area contributed by atoms with E-state index in [2.05, 4.69) is 10.6 Å². The van der Waals surface area contributed by atoms with Gasteiger partial charge in [0.1, 0.15) is 17.1 Å². The molecule has 0 atom stereocenters. The average Bonchev–Trinajstić information content (AvgIpc) is 2.84. The van der Waals surface area contributed by atoms with E-state index in [9.17, 15) is 23.6 Å². The van der Waals surface area contributed by atoms with Gasteiger partial charge in [0, 0.05) is 5.56 Å². The lowest BCUT2D eigenvalue weighted by molar-refractivity contribution is -0.122. The summed E-state index contributed by atoms with van der Waals surface area (Å²) in [4.78, 5) is 51.0. The Labute approximate surface area is 214 Å². The van der Waals surface area contributed by atoms with Crippen LogP contribution in [0.15, 0.2) is 72.3 Å². The number of benzene rings is 3. The van der Waals surface area contributed by atoms with E-state index in [0.29, 0.717) is 0 Å². The number of urea groups is 1. The predicted octanol–water partition coefficient (Wildman–Crippen LogP) is 4.82. The number of nitrogens with zero attached hydrogens (tertiary/aromatic N) is 1. The van der Waals surface area contributed by atoms with Crippen LogP contribution < -0.4 is 20.3 Å². The second-order valence-electron chi connectivity index (χ2n) is 7.41. The van der Waals surface area contributed by atoms with Crippen molar-refractivity contribution >= 4 is 64.4 Å². The quantitative estimate of drug-likeness (QED) is 0.353. The number of anilines is 2. The molecule has 36 heavy (non-hydrogen) atoms. The minimum atomic E-state index is -0.949. The summed E-state index contributed by atoms with van der Waals surface area (Å²) >= 11 is 11.9. The first-order valence-corrected chi connectivity index (χ1v) is 11.1. The Hall–Kier alpha value is -4.21. The number of barbiturate groups is 1. The zero-order valence-electron chi connectivity index (χ0n) is 18.3. The molecule has 3 aromatic carbocycles. The third kappa shape index (κ3) is 5.37. The van der Waals surface area contributed by atoms with Crippen LogP contribution in [0, 0.1) is 5.82 Å². The van der Waals surface area contributed by atoms with E-state index < -0.39 is 36.2 Å². The molecule has 0 aromatic heterocycles. The molecule has 0 saturated carbocycles. The number of imide groups is 2.